The molecule has 0 aliphatic rings. The Morgan fingerprint density at radius 2 is 1.94 bits per heavy atom. The molecule has 0 radical (unpaired) electrons. The molecular formula is C11H11N3O4. The maximum Gasteiger partial charge on any atom is 0.317 e. The van der Waals surface area contributed by atoms with Gasteiger partial charge in [0.25, 0.3) is 0 Å². The van der Waals surface area contributed by atoms with Crippen molar-refractivity contribution < 1.29 is 19.8 Å². The molecule has 0 saturated carbocycles. The lowest BCUT2D eigenvalue weighted by atomic mass is 10.2. The third kappa shape index (κ3) is 4.19. The molecule has 1 aromatic rings. The van der Waals surface area contributed by atoms with Crippen LogP contribution in [0.5, 0.6) is 0 Å². The van der Waals surface area contributed by atoms with E-state index in [-0.39, 0.29) is 12.2 Å². The molecule has 0 fully saturated rings. The van der Waals surface area contributed by atoms with E-state index in [0.29, 0.717) is 5.56 Å². The molecule has 0 bridgehead atoms. The van der Waals surface area contributed by atoms with Crippen LogP contribution in [-0.2, 0) is 16.1 Å². The van der Waals surface area contributed by atoms with Crippen LogP contribution in [0.15, 0.2) is 18.3 Å². The zero-order chi connectivity index (χ0) is 13.5. The lowest BCUT2D eigenvalue weighted by Gasteiger charge is -2.18. The van der Waals surface area contributed by atoms with E-state index in [1.807, 2.05) is 6.07 Å². The van der Waals surface area contributed by atoms with Crippen molar-refractivity contribution in [2.75, 3.05) is 13.1 Å². The van der Waals surface area contributed by atoms with Gasteiger partial charge in [0.1, 0.15) is 11.8 Å². The van der Waals surface area contributed by atoms with E-state index in [0.717, 1.165) is 0 Å². The van der Waals surface area contributed by atoms with Crippen LogP contribution in [0.2, 0.25) is 0 Å². The molecule has 1 heterocycles. The number of hydrogen-bond acceptors (Lipinski definition) is 5. The van der Waals surface area contributed by atoms with Gasteiger partial charge < -0.3 is 10.2 Å². The molecule has 0 spiro atoms. The summed E-state index contributed by atoms with van der Waals surface area (Å²) in [6.45, 7) is -0.770. The van der Waals surface area contributed by atoms with Gasteiger partial charge in [-0.15, -0.1) is 0 Å². The number of carboxylic acids is 2. The number of hydrogen-bond donors (Lipinski definition) is 2. The molecule has 0 aliphatic carbocycles. The Bertz CT molecular complexity index is 479. The topological polar surface area (TPSA) is 115 Å². The predicted octanol–water partition coefficient (Wildman–Crippen LogP) is -0.0755. The number of rotatable bonds is 6. The van der Waals surface area contributed by atoms with E-state index in [4.69, 9.17) is 15.5 Å². The molecule has 7 nitrogen and oxygen atoms in total. The number of carboxylic acid groups (broad SMARTS) is 2. The van der Waals surface area contributed by atoms with Crippen LogP contribution in [0.3, 0.4) is 0 Å². The van der Waals surface area contributed by atoms with Crippen LogP contribution >= 0.6 is 0 Å². The Morgan fingerprint density at radius 3 is 2.44 bits per heavy atom. The Hall–Kier alpha value is -2.46. The average molecular weight is 249 g/mol. The predicted molar refractivity (Wildman–Crippen MR) is 59.5 cm³/mol. The van der Waals surface area contributed by atoms with E-state index >= 15 is 0 Å². The van der Waals surface area contributed by atoms with Gasteiger partial charge in [0.05, 0.1) is 13.1 Å². The molecule has 1 aromatic heterocycles. The second kappa shape index (κ2) is 6.32. The lowest BCUT2D eigenvalue weighted by molar-refractivity contribution is -0.142. The highest BCUT2D eigenvalue weighted by Crippen LogP contribution is 2.08. The van der Waals surface area contributed by atoms with Crippen molar-refractivity contribution in [3.8, 4) is 6.07 Å². The maximum absolute atomic E-state index is 10.6. The van der Waals surface area contributed by atoms with Crippen molar-refractivity contribution in [2.45, 2.75) is 6.54 Å². The van der Waals surface area contributed by atoms with Gasteiger partial charge in [-0.05, 0) is 6.07 Å². The number of nitriles is 1. The molecule has 0 amide bonds. The van der Waals surface area contributed by atoms with E-state index < -0.39 is 25.0 Å². The molecule has 1 rings (SSSR count). The first-order valence-corrected chi connectivity index (χ1v) is 5.03. The summed E-state index contributed by atoms with van der Waals surface area (Å²) in [7, 11) is 0. The van der Waals surface area contributed by atoms with Crippen molar-refractivity contribution in [2.24, 2.45) is 0 Å². The Kier molecular flexibility index (Phi) is 4.78. The molecule has 0 unspecified atom stereocenters. The second-order valence-electron chi connectivity index (χ2n) is 3.56. The van der Waals surface area contributed by atoms with Crippen molar-refractivity contribution in [3.63, 3.8) is 0 Å². The van der Waals surface area contributed by atoms with Crippen LogP contribution in [-0.4, -0.2) is 45.1 Å². The summed E-state index contributed by atoms with van der Waals surface area (Å²) in [4.78, 5) is 26.3. The molecular weight excluding hydrogens is 238 g/mol. The van der Waals surface area contributed by atoms with Crippen LogP contribution in [0.25, 0.3) is 0 Å². The van der Waals surface area contributed by atoms with Gasteiger partial charge in [-0.25, -0.2) is 4.98 Å². The van der Waals surface area contributed by atoms with Gasteiger partial charge in [0, 0.05) is 18.3 Å². The highest BCUT2D eigenvalue weighted by molar-refractivity contribution is 5.72. The van der Waals surface area contributed by atoms with Gasteiger partial charge in [0.15, 0.2) is 0 Å². The van der Waals surface area contributed by atoms with Gasteiger partial charge in [0.2, 0.25) is 0 Å². The molecule has 0 saturated heterocycles. The monoisotopic (exact) mass is 249 g/mol. The number of nitrogens with zero attached hydrogens (tertiary/aromatic N) is 3. The Labute approximate surface area is 103 Å². The van der Waals surface area contributed by atoms with Crippen molar-refractivity contribution in [1.82, 2.24) is 9.88 Å². The number of carbonyl (C=O) groups is 2. The third-order valence-corrected chi connectivity index (χ3v) is 2.11. The molecule has 0 atom stereocenters. The van der Waals surface area contributed by atoms with Gasteiger partial charge in [-0.1, -0.05) is 6.07 Å². The van der Waals surface area contributed by atoms with E-state index in [1.54, 1.807) is 12.1 Å². The largest absolute Gasteiger partial charge is 0.480 e. The fraction of sp³-hybridized carbons (Fsp3) is 0.273. The van der Waals surface area contributed by atoms with E-state index in [9.17, 15) is 9.59 Å². The van der Waals surface area contributed by atoms with Crippen molar-refractivity contribution >= 4 is 11.9 Å². The molecule has 18 heavy (non-hydrogen) atoms. The van der Waals surface area contributed by atoms with Crippen molar-refractivity contribution in [3.05, 3.63) is 29.6 Å². The normalized spacial score (nSPS) is 10.0. The van der Waals surface area contributed by atoms with Crippen LogP contribution in [0, 0.1) is 11.3 Å². The molecule has 94 valence electrons. The zero-order valence-corrected chi connectivity index (χ0v) is 9.41. The number of aromatic nitrogens is 1. The fourth-order valence-electron chi connectivity index (χ4n) is 1.46. The minimum absolute atomic E-state index is 0.0509. The first-order chi connectivity index (χ1) is 8.52. The highest BCUT2D eigenvalue weighted by Gasteiger charge is 2.15. The number of aliphatic carboxylic acids is 2. The highest BCUT2D eigenvalue weighted by atomic mass is 16.4. The van der Waals surface area contributed by atoms with Crippen molar-refractivity contribution in [1.29, 1.82) is 5.26 Å². The van der Waals surface area contributed by atoms with Gasteiger partial charge in [-0.2, -0.15) is 5.26 Å². The zero-order valence-electron chi connectivity index (χ0n) is 9.41. The smallest absolute Gasteiger partial charge is 0.317 e. The molecule has 0 aromatic carbocycles. The molecule has 7 heteroatoms. The Balaban J connectivity index is 2.85. The molecule has 0 aliphatic heterocycles. The summed E-state index contributed by atoms with van der Waals surface area (Å²) in [5, 5.41) is 26.2. The minimum Gasteiger partial charge on any atom is -0.480 e. The van der Waals surface area contributed by atoms with Gasteiger partial charge in [-0.3, -0.25) is 14.5 Å². The summed E-state index contributed by atoms with van der Waals surface area (Å²) >= 11 is 0. The first-order valence-electron chi connectivity index (χ1n) is 5.03. The summed E-state index contributed by atoms with van der Waals surface area (Å²) in [6, 6.07) is 5.10. The standard InChI is InChI=1S/C11H11N3O4/c12-4-9-8(2-1-3-13-9)5-14(6-10(15)16)7-11(17)18/h1-3H,5-7H2,(H,15,16)(H,17,18). The molecule has 2 N–H and O–H groups in total. The minimum atomic E-state index is -1.13. The maximum atomic E-state index is 10.6. The second-order valence-corrected chi connectivity index (χ2v) is 3.56. The average Bonchev–Trinajstić information content (AvgIpc) is 2.27. The summed E-state index contributed by atoms with van der Waals surface area (Å²) < 4.78 is 0. The summed E-state index contributed by atoms with van der Waals surface area (Å²) in [5.74, 6) is -2.25. The van der Waals surface area contributed by atoms with Crippen LogP contribution < -0.4 is 0 Å². The summed E-state index contributed by atoms with van der Waals surface area (Å²) in [6.07, 6.45) is 1.45. The first kappa shape index (κ1) is 13.6. The Morgan fingerprint density at radius 1 is 1.33 bits per heavy atom. The van der Waals surface area contributed by atoms with Crippen LogP contribution in [0.4, 0.5) is 0 Å². The fourth-order valence-corrected chi connectivity index (χ4v) is 1.46. The lowest BCUT2D eigenvalue weighted by Crippen LogP contribution is -2.34. The summed E-state index contributed by atoms with van der Waals surface area (Å²) in [5.41, 5.74) is 0.667. The number of pyridine rings is 1. The van der Waals surface area contributed by atoms with Crippen LogP contribution in [0.1, 0.15) is 11.3 Å². The quantitative estimate of drug-likeness (QED) is 0.724. The SMILES string of the molecule is N#Cc1ncccc1CN(CC(=O)O)CC(=O)O. The van der Waals surface area contributed by atoms with Gasteiger partial charge >= 0.3 is 11.9 Å². The van der Waals surface area contributed by atoms with E-state index in [2.05, 4.69) is 4.98 Å². The third-order valence-electron chi connectivity index (χ3n) is 2.11. The van der Waals surface area contributed by atoms with E-state index in [1.165, 1.54) is 11.1 Å².